The van der Waals surface area contributed by atoms with Crippen LogP contribution in [0.15, 0.2) is 22.5 Å². The van der Waals surface area contributed by atoms with E-state index in [0.29, 0.717) is 25.7 Å². The lowest BCUT2D eigenvalue weighted by Gasteiger charge is -2.36. The van der Waals surface area contributed by atoms with Crippen LogP contribution in [0.25, 0.3) is 0 Å². The highest BCUT2D eigenvalue weighted by Crippen LogP contribution is 2.29. The van der Waals surface area contributed by atoms with Gasteiger partial charge in [0, 0.05) is 31.6 Å². The number of alkyl halides is 3. The zero-order valence-corrected chi connectivity index (χ0v) is 18.7. The van der Waals surface area contributed by atoms with Crippen molar-refractivity contribution >= 4 is 17.3 Å². The van der Waals surface area contributed by atoms with Crippen molar-refractivity contribution in [3.8, 4) is 0 Å². The van der Waals surface area contributed by atoms with E-state index in [2.05, 4.69) is 45.0 Å². The molecular formula is C21H34F3N5S. The van der Waals surface area contributed by atoms with Crippen molar-refractivity contribution in [2.75, 3.05) is 52.9 Å². The molecule has 2 aliphatic rings. The molecule has 0 radical (unpaired) electrons. The number of aliphatic imine (C=N–C) groups is 1. The van der Waals surface area contributed by atoms with Gasteiger partial charge in [0.1, 0.15) is 0 Å². The fourth-order valence-corrected chi connectivity index (χ4v) is 5.22. The monoisotopic (exact) mass is 445 g/mol. The van der Waals surface area contributed by atoms with Crippen molar-refractivity contribution in [1.82, 2.24) is 20.4 Å². The highest BCUT2D eigenvalue weighted by molar-refractivity contribution is 7.10. The Balaban J connectivity index is 1.47. The number of hydrogen-bond acceptors (Lipinski definition) is 4. The Morgan fingerprint density at radius 2 is 2.00 bits per heavy atom. The van der Waals surface area contributed by atoms with Crippen molar-refractivity contribution in [3.63, 3.8) is 0 Å². The van der Waals surface area contributed by atoms with Gasteiger partial charge in [-0.05, 0) is 62.2 Å². The minimum Gasteiger partial charge on any atom is -0.356 e. The van der Waals surface area contributed by atoms with Gasteiger partial charge in [-0.15, -0.1) is 11.3 Å². The van der Waals surface area contributed by atoms with E-state index < -0.39 is 12.7 Å². The molecule has 9 heteroatoms. The summed E-state index contributed by atoms with van der Waals surface area (Å²) >= 11 is 1.78. The van der Waals surface area contributed by atoms with Gasteiger partial charge in [0.25, 0.3) is 0 Å². The molecule has 3 rings (SSSR count). The second-order valence-electron chi connectivity index (χ2n) is 8.59. The predicted molar refractivity (Wildman–Crippen MR) is 117 cm³/mol. The maximum absolute atomic E-state index is 12.6. The molecule has 2 saturated heterocycles. The van der Waals surface area contributed by atoms with E-state index in [1.165, 1.54) is 22.6 Å². The highest BCUT2D eigenvalue weighted by atomic mass is 32.1. The van der Waals surface area contributed by atoms with Crippen LogP contribution in [-0.4, -0.2) is 74.8 Å². The number of guanidine groups is 1. The molecule has 0 saturated carbocycles. The summed E-state index contributed by atoms with van der Waals surface area (Å²) in [6, 6.07) is 4.60. The Labute approximate surface area is 181 Å². The molecule has 3 heterocycles. The SMILES string of the molecule is CN=C(NCC1CCN(CC(F)(F)F)C1)NCC(c1cccs1)N1CCC(C)CC1. The number of hydrogen-bond donors (Lipinski definition) is 2. The summed E-state index contributed by atoms with van der Waals surface area (Å²) in [6.07, 6.45) is -0.886. The van der Waals surface area contributed by atoms with E-state index in [9.17, 15) is 13.2 Å². The first kappa shape index (κ1) is 23.3. The third-order valence-electron chi connectivity index (χ3n) is 6.15. The van der Waals surface area contributed by atoms with Crippen molar-refractivity contribution in [1.29, 1.82) is 0 Å². The van der Waals surface area contributed by atoms with Crippen LogP contribution in [0.3, 0.4) is 0 Å². The maximum Gasteiger partial charge on any atom is 0.401 e. The summed E-state index contributed by atoms with van der Waals surface area (Å²) in [5.41, 5.74) is 0. The van der Waals surface area contributed by atoms with E-state index in [1.54, 1.807) is 18.4 Å². The number of halogens is 3. The predicted octanol–water partition coefficient (Wildman–Crippen LogP) is 3.57. The zero-order chi connectivity index (χ0) is 21.6. The molecule has 1 aromatic heterocycles. The van der Waals surface area contributed by atoms with Crippen LogP contribution < -0.4 is 10.6 Å². The van der Waals surface area contributed by atoms with Crippen LogP contribution in [0.1, 0.15) is 37.1 Å². The highest BCUT2D eigenvalue weighted by Gasteiger charge is 2.34. The summed E-state index contributed by atoms with van der Waals surface area (Å²) in [6.45, 7) is 6.11. The van der Waals surface area contributed by atoms with Crippen LogP contribution in [0.5, 0.6) is 0 Å². The van der Waals surface area contributed by atoms with Crippen molar-refractivity contribution in [2.24, 2.45) is 16.8 Å². The quantitative estimate of drug-likeness (QED) is 0.498. The van der Waals surface area contributed by atoms with Crippen LogP contribution in [0.2, 0.25) is 0 Å². The van der Waals surface area contributed by atoms with Gasteiger partial charge in [0.05, 0.1) is 12.6 Å². The van der Waals surface area contributed by atoms with Gasteiger partial charge in [-0.3, -0.25) is 14.8 Å². The molecule has 2 unspecified atom stereocenters. The number of nitrogens with zero attached hydrogens (tertiary/aromatic N) is 3. The molecule has 2 aliphatic heterocycles. The molecule has 170 valence electrons. The molecule has 0 bridgehead atoms. The van der Waals surface area contributed by atoms with E-state index in [4.69, 9.17) is 0 Å². The van der Waals surface area contributed by atoms with Crippen molar-refractivity contribution < 1.29 is 13.2 Å². The average molecular weight is 446 g/mol. The summed E-state index contributed by atoms with van der Waals surface area (Å²) in [4.78, 5) is 9.72. The molecule has 0 amide bonds. The Bertz CT molecular complexity index is 656. The first-order chi connectivity index (χ1) is 14.3. The summed E-state index contributed by atoms with van der Waals surface area (Å²) in [7, 11) is 1.74. The summed E-state index contributed by atoms with van der Waals surface area (Å²) in [5, 5.41) is 8.89. The summed E-state index contributed by atoms with van der Waals surface area (Å²) < 4.78 is 37.7. The zero-order valence-electron chi connectivity index (χ0n) is 17.9. The van der Waals surface area contributed by atoms with Gasteiger partial charge in [-0.2, -0.15) is 13.2 Å². The lowest BCUT2D eigenvalue weighted by atomic mass is 9.97. The number of piperidine rings is 1. The van der Waals surface area contributed by atoms with Gasteiger partial charge in [-0.25, -0.2) is 0 Å². The minimum absolute atomic E-state index is 0.211. The first-order valence-electron chi connectivity index (χ1n) is 10.8. The van der Waals surface area contributed by atoms with Crippen LogP contribution >= 0.6 is 11.3 Å². The Morgan fingerprint density at radius 3 is 2.63 bits per heavy atom. The lowest BCUT2D eigenvalue weighted by Crippen LogP contribution is -2.46. The number of thiophene rings is 1. The van der Waals surface area contributed by atoms with E-state index in [1.807, 2.05) is 0 Å². The van der Waals surface area contributed by atoms with E-state index in [-0.39, 0.29) is 5.92 Å². The molecule has 1 aromatic rings. The first-order valence-corrected chi connectivity index (χ1v) is 11.7. The van der Waals surface area contributed by atoms with Crippen molar-refractivity contribution in [2.45, 2.75) is 38.4 Å². The Kier molecular flexibility index (Phi) is 8.42. The van der Waals surface area contributed by atoms with Gasteiger partial charge in [-0.1, -0.05) is 13.0 Å². The number of likely N-dealkylation sites (tertiary alicyclic amines) is 2. The van der Waals surface area contributed by atoms with Crippen LogP contribution in [0.4, 0.5) is 13.2 Å². The number of rotatable bonds is 7. The molecule has 30 heavy (non-hydrogen) atoms. The molecule has 0 spiro atoms. The number of nitrogens with one attached hydrogen (secondary N) is 2. The smallest absolute Gasteiger partial charge is 0.356 e. The van der Waals surface area contributed by atoms with E-state index >= 15 is 0 Å². The molecule has 2 fully saturated rings. The minimum atomic E-state index is -4.12. The second kappa shape index (κ2) is 10.8. The van der Waals surface area contributed by atoms with Crippen LogP contribution in [-0.2, 0) is 0 Å². The third-order valence-corrected chi connectivity index (χ3v) is 7.12. The molecule has 0 aromatic carbocycles. The third kappa shape index (κ3) is 7.13. The van der Waals surface area contributed by atoms with Crippen molar-refractivity contribution in [3.05, 3.63) is 22.4 Å². The van der Waals surface area contributed by atoms with Gasteiger partial charge in [0.2, 0.25) is 0 Å². The fraction of sp³-hybridized carbons (Fsp3) is 0.762. The molecular weight excluding hydrogens is 411 g/mol. The molecule has 2 atom stereocenters. The molecule has 0 aliphatic carbocycles. The Hall–Kier alpha value is -1.32. The second-order valence-corrected chi connectivity index (χ2v) is 9.57. The largest absolute Gasteiger partial charge is 0.401 e. The summed E-state index contributed by atoms with van der Waals surface area (Å²) in [5.74, 6) is 1.72. The van der Waals surface area contributed by atoms with Gasteiger partial charge >= 0.3 is 6.18 Å². The Morgan fingerprint density at radius 1 is 1.23 bits per heavy atom. The van der Waals surface area contributed by atoms with Gasteiger partial charge < -0.3 is 10.6 Å². The fourth-order valence-electron chi connectivity index (χ4n) is 4.36. The average Bonchev–Trinajstić information content (AvgIpc) is 3.37. The topological polar surface area (TPSA) is 42.9 Å². The standard InChI is InChI=1S/C21H34F3N5S/c1-16-5-9-29(10-6-16)18(19-4-3-11-30-19)13-27-20(25-2)26-12-17-7-8-28(14-17)15-21(22,23)24/h3-4,11,16-18H,5-10,12-15H2,1-2H3,(H2,25,26,27). The van der Waals surface area contributed by atoms with Crippen LogP contribution in [0, 0.1) is 11.8 Å². The lowest BCUT2D eigenvalue weighted by molar-refractivity contribution is -0.143. The van der Waals surface area contributed by atoms with Gasteiger partial charge in [0.15, 0.2) is 5.96 Å². The maximum atomic E-state index is 12.6. The molecule has 5 nitrogen and oxygen atoms in total. The normalized spacial score (nSPS) is 23.6. The molecule has 2 N–H and O–H groups in total. The van der Waals surface area contributed by atoms with E-state index in [0.717, 1.165) is 37.9 Å².